The molecular formula is C16H22Si. The smallest absolute Gasteiger partial charge is 0.0486 e. The van der Waals surface area contributed by atoms with Gasteiger partial charge in [0.15, 0.2) is 0 Å². The van der Waals surface area contributed by atoms with Gasteiger partial charge in [0, 0.05) is 8.07 Å². The number of hydrogen-bond acceptors (Lipinski definition) is 0. The first kappa shape index (κ1) is 11.3. The Hall–Kier alpha value is -0.823. The van der Waals surface area contributed by atoms with E-state index in [2.05, 4.69) is 68.2 Å². The fourth-order valence-corrected chi connectivity index (χ4v) is 7.16. The standard InChI is InChI=1S/C16H22Si/c1-17(2,3)16-14-10-6-4-8-12(14)13-9-5-7-11-15(13)16/h4-16H,1-3H3. The van der Waals surface area contributed by atoms with E-state index in [0.717, 1.165) is 29.2 Å². The van der Waals surface area contributed by atoms with Crippen LogP contribution in [-0.4, -0.2) is 8.07 Å². The number of fused-ring (bicyclic) bond motifs is 3. The van der Waals surface area contributed by atoms with E-state index in [4.69, 9.17) is 0 Å². The van der Waals surface area contributed by atoms with E-state index >= 15 is 0 Å². The van der Waals surface area contributed by atoms with Gasteiger partial charge in [0.2, 0.25) is 0 Å². The van der Waals surface area contributed by atoms with E-state index in [9.17, 15) is 0 Å². The second-order valence-corrected chi connectivity index (χ2v) is 12.1. The third-order valence-corrected chi connectivity index (χ3v) is 7.49. The Morgan fingerprint density at radius 2 is 0.941 bits per heavy atom. The van der Waals surface area contributed by atoms with E-state index < -0.39 is 8.07 Å². The summed E-state index contributed by atoms with van der Waals surface area (Å²) in [6.07, 6.45) is 18.9. The van der Waals surface area contributed by atoms with Gasteiger partial charge in [-0.2, -0.15) is 0 Å². The van der Waals surface area contributed by atoms with Gasteiger partial charge in [-0.05, 0) is 29.2 Å². The highest BCUT2D eigenvalue weighted by atomic mass is 28.3. The highest BCUT2D eigenvalue weighted by molar-refractivity contribution is 6.77. The minimum absolute atomic E-state index is 0.753. The van der Waals surface area contributed by atoms with Gasteiger partial charge in [0.25, 0.3) is 0 Å². The largest absolute Gasteiger partial charge is 0.0808 e. The van der Waals surface area contributed by atoms with Crippen LogP contribution in [0.2, 0.25) is 25.2 Å². The van der Waals surface area contributed by atoms with Crippen molar-refractivity contribution in [3.8, 4) is 0 Å². The van der Waals surface area contributed by atoms with Crippen molar-refractivity contribution in [2.24, 2.45) is 23.7 Å². The van der Waals surface area contributed by atoms with Gasteiger partial charge in [-0.25, -0.2) is 0 Å². The van der Waals surface area contributed by atoms with Crippen molar-refractivity contribution in [3.05, 3.63) is 48.6 Å². The zero-order chi connectivity index (χ0) is 12.0. The maximum absolute atomic E-state index is 2.54. The van der Waals surface area contributed by atoms with Gasteiger partial charge in [-0.3, -0.25) is 0 Å². The minimum atomic E-state index is -1.11. The van der Waals surface area contributed by atoms with Crippen LogP contribution in [-0.2, 0) is 0 Å². The molecule has 0 aromatic heterocycles. The Morgan fingerprint density at radius 3 is 1.29 bits per heavy atom. The molecule has 0 aromatic carbocycles. The molecule has 3 rings (SSSR count). The van der Waals surface area contributed by atoms with E-state index in [1.807, 2.05) is 0 Å². The highest BCUT2D eigenvalue weighted by Gasteiger charge is 2.51. The number of allylic oxidation sites excluding steroid dienone is 8. The van der Waals surface area contributed by atoms with Crippen LogP contribution in [0.25, 0.3) is 0 Å². The van der Waals surface area contributed by atoms with Crippen molar-refractivity contribution >= 4 is 8.07 Å². The van der Waals surface area contributed by atoms with Crippen LogP contribution in [0, 0.1) is 23.7 Å². The molecule has 4 unspecified atom stereocenters. The fourth-order valence-electron chi connectivity index (χ4n) is 4.18. The van der Waals surface area contributed by atoms with Crippen LogP contribution in [0.5, 0.6) is 0 Å². The zero-order valence-corrected chi connectivity index (χ0v) is 12.0. The van der Waals surface area contributed by atoms with Crippen LogP contribution >= 0.6 is 0 Å². The second-order valence-electron chi connectivity index (χ2n) is 6.74. The van der Waals surface area contributed by atoms with Gasteiger partial charge in [-0.1, -0.05) is 68.2 Å². The predicted molar refractivity (Wildman–Crippen MR) is 77.6 cm³/mol. The maximum atomic E-state index is 2.54. The molecule has 3 aliphatic carbocycles. The molecule has 0 amide bonds. The Bertz CT molecular complexity index is 385. The van der Waals surface area contributed by atoms with Crippen LogP contribution in [0.15, 0.2) is 48.6 Å². The van der Waals surface area contributed by atoms with E-state index in [0.29, 0.717) is 0 Å². The molecule has 0 aliphatic heterocycles. The van der Waals surface area contributed by atoms with Gasteiger partial charge >= 0.3 is 0 Å². The maximum Gasteiger partial charge on any atom is 0.0486 e. The van der Waals surface area contributed by atoms with Crippen molar-refractivity contribution in [1.29, 1.82) is 0 Å². The van der Waals surface area contributed by atoms with Crippen molar-refractivity contribution < 1.29 is 0 Å². The topological polar surface area (TPSA) is 0 Å². The molecule has 0 spiro atoms. The molecule has 0 bridgehead atoms. The Morgan fingerprint density at radius 1 is 0.588 bits per heavy atom. The molecule has 0 aromatic rings. The molecule has 3 aliphatic rings. The van der Waals surface area contributed by atoms with Crippen molar-refractivity contribution in [3.63, 3.8) is 0 Å². The molecule has 0 saturated heterocycles. The first-order chi connectivity index (χ1) is 8.09. The fraction of sp³-hybridized carbons (Fsp3) is 0.500. The molecule has 90 valence electrons. The Balaban J connectivity index is 2.03. The molecule has 0 N–H and O–H groups in total. The summed E-state index contributed by atoms with van der Waals surface area (Å²) in [5.41, 5.74) is 0.903. The summed E-state index contributed by atoms with van der Waals surface area (Å²) in [5.74, 6) is 3.08. The first-order valence-electron chi connectivity index (χ1n) is 6.79. The summed E-state index contributed by atoms with van der Waals surface area (Å²) in [6, 6.07) is 0. The quantitative estimate of drug-likeness (QED) is 0.597. The van der Waals surface area contributed by atoms with Crippen molar-refractivity contribution in [2.75, 3.05) is 0 Å². The minimum Gasteiger partial charge on any atom is -0.0808 e. The molecule has 1 fully saturated rings. The number of rotatable bonds is 1. The van der Waals surface area contributed by atoms with E-state index in [1.165, 1.54) is 0 Å². The Kier molecular flexibility index (Phi) is 2.55. The van der Waals surface area contributed by atoms with E-state index in [1.54, 1.807) is 0 Å². The molecule has 0 heterocycles. The molecular weight excluding hydrogens is 220 g/mol. The molecule has 0 radical (unpaired) electrons. The first-order valence-corrected chi connectivity index (χ1v) is 10.4. The van der Waals surface area contributed by atoms with Gasteiger partial charge < -0.3 is 0 Å². The summed E-state index contributed by atoms with van der Waals surface area (Å²) in [6.45, 7) is 7.61. The average Bonchev–Trinajstić information content (AvgIpc) is 2.63. The van der Waals surface area contributed by atoms with Crippen molar-refractivity contribution in [1.82, 2.24) is 0 Å². The van der Waals surface area contributed by atoms with Crippen LogP contribution in [0.4, 0.5) is 0 Å². The third kappa shape index (κ3) is 1.72. The van der Waals surface area contributed by atoms with E-state index in [-0.39, 0.29) is 0 Å². The third-order valence-electron chi connectivity index (χ3n) is 4.72. The average molecular weight is 242 g/mol. The van der Waals surface area contributed by atoms with Gasteiger partial charge in [-0.15, -0.1) is 0 Å². The van der Waals surface area contributed by atoms with Gasteiger partial charge in [0.1, 0.15) is 0 Å². The zero-order valence-electron chi connectivity index (χ0n) is 11.0. The SMILES string of the molecule is C[Si](C)(C)C1C2C=CC=CC2C2C=CC=CC21. The van der Waals surface area contributed by atoms with Gasteiger partial charge in [0.05, 0.1) is 0 Å². The lowest BCUT2D eigenvalue weighted by atomic mass is 9.83. The summed E-state index contributed by atoms with van der Waals surface area (Å²) >= 11 is 0. The summed E-state index contributed by atoms with van der Waals surface area (Å²) in [5, 5.41) is 0. The van der Waals surface area contributed by atoms with Crippen molar-refractivity contribution in [2.45, 2.75) is 25.2 Å². The monoisotopic (exact) mass is 242 g/mol. The Labute approximate surface area is 106 Å². The van der Waals surface area contributed by atoms with Crippen LogP contribution < -0.4 is 0 Å². The molecule has 4 atom stereocenters. The molecule has 1 saturated carbocycles. The molecule has 0 nitrogen and oxygen atoms in total. The summed E-state index contributed by atoms with van der Waals surface area (Å²) in [4.78, 5) is 0. The lowest BCUT2D eigenvalue weighted by Crippen LogP contribution is -2.34. The lowest BCUT2D eigenvalue weighted by Gasteiger charge is -2.34. The predicted octanol–water partition coefficient (Wildman–Crippen LogP) is 4.43. The second kappa shape index (κ2) is 3.84. The number of hydrogen-bond donors (Lipinski definition) is 0. The highest BCUT2D eigenvalue weighted by Crippen LogP contribution is 2.57. The molecule has 1 heteroatoms. The normalized spacial score (nSPS) is 42.6. The summed E-state index contributed by atoms with van der Waals surface area (Å²) in [7, 11) is -1.11. The van der Waals surface area contributed by atoms with Crippen LogP contribution in [0.3, 0.4) is 0 Å². The molecule has 17 heavy (non-hydrogen) atoms. The lowest BCUT2D eigenvalue weighted by molar-refractivity contribution is 0.461. The summed E-state index contributed by atoms with van der Waals surface area (Å²) < 4.78 is 0. The van der Waals surface area contributed by atoms with Crippen LogP contribution in [0.1, 0.15) is 0 Å².